The molecule has 0 saturated heterocycles. The molecule has 1 fully saturated rings. The van der Waals surface area contributed by atoms with E-state index in [0.29, 0.717) is 11.7 Å². The second-order valence-corrected chi connectivity index (χ2v) is 4.17. The average molecular weight is 210 g/mol. The molecule has 0 bridgehead atoms. The van der Waals surface area contributed by atoms with Crippen molar-refractivity contribution in [1.29, 1.82) is 0 Å². The monoisotopic (exact) mass is 210 g/mol. The van der Waals surface area contributed by atoms with Crippen LogP contribution in [0.25, 0.3) is 0 Å². The van der Waals surface area contributed by atoms with Crippen LogP contribution in [0.4, 0.5) is 6.01 Å². The molecule has 4 heteroatoms. The van der Waals surface area contributed by atoms with Gasteiger partial charge in [0.15, 0.2) is 0 Å². The predicted octanol–water partition coefficient (Wildman–Crippen LogP) is 1.79. The fourth-order valence-electron chi connectivity index (χ4n) is 1.66. The van der Waals surface area contributed by atoms with Gasteiger partial charge in [-0.2, -0.15) is 4.98 Å². The Morgan fingerprint density at radius 1 is 1.60 bits per heavy atom. The summed E-state index contributed by atoms with van der Waals surface area (Å²) in [5.41, 5.74) is 0.613. The zero-order valence-corrected chi connectivity index (χ0v) is 9.15. The molecule has 15 heavy (non-hydrogen) atoms. The van der Waals surface area contributed by atoms with Crippen molar-refractivity contribution in [1.82, 2.24) is 4.98 Å². The second-order valence-electron chi connectivity index (χ2n) is 4.17. The Balaban J connectivity index is 2.00. The maximum absolute atomic E-state index is 8.92. The van der Waals surface area contributed by atoms with Gasteiger partial charge in [0.2, 0.25) is 0 Å². The standard InChI is InChI=1S/C11H18N2O2/c1-2-5-13(6-9-3-4-9)11-12-10(7-14)8-15-11/h8-9,14H,2-7H2,1H3. The van der Waals surface area contributed by atoms with Crippen molar-refractivity contribution in [2.75, 3.05) is 18.0 Å². The Morgan fingerprint density at radius 2 is 2.40 bits per heavy atom. The molecule has 0 aliphatic heterocycles. The number of hydrogen-bond acceptors (Lipinski definition) is 4. The second kappa shape index (κ2) is 4.66. The topological polar surface area (TPSA) is 49.5 Å². The van der Waals surface area contributed by atoms with E-state index in [2.05, 4.69) is 16.8 Å². The Bertz CT molecular complexity index is 307. The van der Waals surface area contributed by atoms with Crippen molar-refractivity contribution in [3.05, 3.63) is 12.0 Å². The molecular formula is C11H18N2O2. The molecule has 4 nitrogen and oxygen atoms in total. The molecule has 1 aliphatic rings. The summed E-state index contributed by atoms with van der Waals surface area (Å²) in [4.78, 5) is 6.42. The maximum Gasteiger partial charge on any atom is 0.297 e. The first-order valence-corrected chi connectivity index (χ1v) is 5.63. The van der Waals surface area contributed by atoms with E-state index in [0.717, 1.165) is 25.4 Å². The predicted molar refractivity (Wildman–Crippen MR) is 57.7 cm³/mol. The van der Waals surface area contributed by atoms with Gasteiger partial charge in [-0.25, -0.2) is 0 Å². The van der Waals surface area contributed by atoms with Crippen molar-refractivity contribution in [2.45, 2.75) is 32.8 Å². The Hall–Kier alpha value is -1.03. The van der Waals surface area contributed by atoms with Gasteiger partial charge < -0.3 is 14.4 Å². The van der Waals surface area contributed by atoms with Gasteiger partial charge >= 0.3 is 0 Å². The van der Waals surface area contributed by atoms with Gasteiger partial charge in [0, 0.05) is 13.1 Å². The number of aliphatic hydroxyl groups is 1. The Morgan fingerprint density at radius 3 is 2.93 bits per heavy atom. The lowest BCUT2D eigenvalue weighted by Gasteiger charge is -2.19. The van der Waals surface area contributed by atoms with E-state index < -0.39 is 0 Å². The lowest BCUT2D eigenvalue weighted by molar-refractivity contribution is 0.276. The molecule has 0 aromatic carbocycles. The lowest BCUT2D eigenvalue weighted by atomic mass is 10.3. The molecule has 0 atom stereocenters. The first-order valence-electron chi connectivity index (χ1n) is 5.63. The van der Waals surface area contributed by atoms with Crippen LogP contribution in [0.2, 0.25) is 0 Å². The molecule has 1 heterocycles. The summed E-state index contributed by atoms with van der Waals surface area (Å²) >= 11 is 0. The number of hydrogen-bond donors (Lipinski definition) is 1. The fourth-order valence-corrected chi connectivity index (χ4v) is 1.66. The summed E-state index contributed by atoms with van der Waals surface area (Å²) in [6, 6.07) is 0.660. The van der Waals surface area contributed by atoms with E-state index >= 15 is 0 Å². The van der Waals surface area contributed by atoms with Crippen LogP contribution in [0.3, 0.4) is 0 Å². The summed E-state index contributed by atoms with van der Waals surface area (Å²) in [5, 5.41) is 8.92. The van der Waals surface area contributed by atoms with Crippen LogP contribution in [-0.4, -0.2) is 23.2 Å². The maximum atomic E-state index is 8.92. The van der Waals surface area contributed by atoms with Crippen LogP contribution in [0.5, 0.6) is 0 Å². The average Bonchev–Trinajstić information content (AvgIpc) is 2.94. The van der Waals surface area contributed by atoms with Gasteiger partial charge in [0.1, 0.15) is 12.0 Å². The van der Waals surface area contributed by atoms with Crippen molar-refractivity contribution >= 4 is 6.01 Å². The van der Waals surface area contributed by atoms with Crippen molar-refractivity contribution < 1.29 is 9.52 Å². The summed E-state index contributed by atoms with van der Waals surface area (Å²) in [5.74, 6) is 0.820. The molecule has 1 aromatic rings. The van der Waals surface area contributed by atoms with E-state index in [4.69, 9.17) is 9.52 Å². The summed E-state index contributed by atoms with van der Waals surface area (Å²) in [6.07, 6.45) is 5.27. The third kappa shape index (κ3) is 2.72. The zero-order chi connectivity index (χ0) is 10.7. The highest BCUT2D eigenvalue weighted by atomic mass is 16.4. The van der Waals surface area contributed by atoms with Crippen LogP contribution in [0, 0.1) is 5.92 Å². The third-order valence-corrected chi connectivity index (χ3v) is 2.64. The number of rotatable bonds is 6. The largest absolute Gasteiger partial charge is 0.432 e. The van der Waals surface area contributed by atoms with Crippen molar-refractivity contribution in [3.8, 4) is 0 Å². The smallest absolute Gasteiger partial charge is 0.297 e. The first kappa shape index (κ1) is 10.5. The van der Waals surface area contributed by atoms with Crippen molar-refractivity contribution in [2.24, 2.45) is 5.92 Å². The number of anilines is 1. The summed E-state index contributed by atoms with van der Waals surface area (Å²) in [6.45, 7) is 4.11. The minimum atomic E-state index is -0.0487. The number of aliphatic hydroxyl groups excluding tert-OH is 1. The quantitative estimate of drug-likeness (QED) is 0.777. The normalized spacial score (nSPS) is 15.6. The summed E-state index contributed by atoms with van der Waals surface area (Å²) in [7, 11) is 0. The van der Waals surface area contributed by atoms with Crippen LogP contribution in [0.15, 0.2) is 10.7 Å². The highest BCUT2D eigenvalue weighted by molar-refractivity contribution is 5.27. The van der Waals surface area contributed by atoms with E-state index in [1.54, 1.807) is 0 Å². The number of aromatic nitrogens is 1. The van der Waals surface area contributed by atoms with Gasteiger partial charge in [-0.3, -0.25) is 0 Å². The molecule has 1 N–H and O–H groups in total. The molecule has 1 aliphatic carbocycles. The lowest BCUT2D eigenvalue weighted by Crippen LogP contribution is -2.26. The van der Waals surface area contributed by atoms with Gasteiger partial charge in [0.05, 0.1) is 6.61 Å². The van der Waals surface area contributed by atoms with Crippen LogP contribution in [0.1, 0.15) is 31.9 Å². The van der Waals surface area contributed by atoms with Crippen molar-refractivity contribution in [3.63, 3.8) is 0 Å². The van der Waals surface area contributed by atoms with Gasteiger partial charge in [0.25, 0.3) is 6.01 Å². The molecule has 2 rings (SSSR count). The number of oxazole rings is 1. The van der Waals surface area contributed by atoms with Crippen LogP contribution < -0.4 is 4.90 Å². The Kier molecular flexibility index (Phi) is 3.26. The van der Waals surface area contributed by atoms with Crippen LogP contribution in [-0.2, 0) is 6.61 Å². The molecule has 0 unspecified atom stereocenters. The minimum Gasteiger partial charge on any atom is -0.432 e. The molecule has 1 saturated carbocycles. The van der Waals surface area contributed by atoms with E-state index in [1.807, 2.05) is 0 Å². The minimum absolute atomic E-state index is 0.0487. The Labute approximate surface area is 89.9 Å². The zero-order valence-electron chi connectivity index (χ0n) is 9.15. The number of nitrogens with zero attached hydrogens (tertiary/aromatic N) is 2. The third-order valence-electron chi connectivity index (χ3n) is 2.64. The SMILES string of the molecule is CCCN(CC1CC1)c1nc(CO)co1. The first-order chi connectivity index (χ1) is 7.33. The summed E-state index contributed by atoms with van der Waals surface area (Å²) < 4.78 is 5.35. The molecule has 84 valence electrons. The van der Waals surface area contributed by atoms with Gasteiger partial charge in [-0.15, -0.1) is 0 Å². The van der Waals surface area contributed by atoms with E-state index in [9.17, 15) is 0 Å². The highest BCUT2D eigenvalue weighted by Crippen LogP contribution is 2.31. The molecule has 1 aromatic heterocycles. The van der Waals surface area contributed by atoms with E-state index in [-0.39, 0.29) is 6.61 Å². The van der Waals surface area contributed by atoms with Crippen LogP contribution >= 0.6 is 0 Å². The molecular weight excluding hydrogens is 192 g/mol. The van der Waals surface area contributed by atoms with Gasteiger partial charge in [-0.05, 0) is 25.2 Å². The highest BCUT2D eigenvalue weighted by Gasteiger charge is 2.25. The molecule has 0 radical (unpaired) electrons. The molecule has 0 spiro atoms. The molecule has 0 amide bonds. The van der Waals surface area contributed by atoms with Gasteiger partial charge in [-0.1, -0.05) is 6.92 Å². The van der Waals surface area contributed by atoms with E-state index in [1.165, 1.54) is 19.1 Å². The fraction of sp³-hybridized carbons (Fsp3) is 0.727.